The molecule has 1 amide bonds. The van der Waals surface area contributed by atoms with Crippen LogP contribution in [-0.2, 0) is 16.6 Å². The van der Waals surface area contributed by atoms with Crippen molar-refractivity contribution < 1.29 is 9.00 Å². The van der Waals surface area contributed by atoms with E-state index in [1.54, 1.807) is 6.26 Å². The highest BCUT2D eigenvalue weighted by Crippen LogP contribution is 2.22. The highest BCUT2D eigenvalue weighted by molar-refractivity contribution is 7.83. The molecule has 0 aliphatic carbocycles. The molecule has 1 fully saturated rings. The standard InChI is InChI=1S/C16H24N2O2S/c1-12(17)15-8-3-4-9-18(15)16(19)14-7-5-6-13(10-14)11-21(2)20/h5-7,10,12,15H,3-4,8-9,11,17H2,1-2H3. The first kappa shape index (κ1) is 16.2. The van der Waals surface area contributed by atoms with Crippen molar-refractivity contribution in [3.05, 3.63) is 35.4 Å². The van der Waals surface area contributed by atoms with E-state index in [4.69, 9.17) is 5.73 Å². The molecule has 2 N–H and O–H groups in total. The molecule has 1 aromatic carbocycles. The lowest BCUT2D eigenvalue weighted by Crippen LogP contribution is -2.51. The maximum absolute atomic E-state index is 12.7. The van der Waals surface area contributed by atoms with Crippen molar-refractivity contribution in [3.8, 4) is 0 Å². The number of piperidine rings is 1. The van der Waals surface area contributed by atoms with Crippen LogP contribution in [0.1, 0.15) is 42.1 Å². The van der Waals surface area contributed by atoms with Gasteiger partial charge in [-0.1, -0.05) is 12.1 Å². The van der Waals surface area contributed by atoms with Gasteiger partial charge >= 0.3 is 0 Å². The predicted octanol–water partition coefficient (Wildman–Crippen LogP) is 1.91. The fourth-order valence-corrected chi connectivity index (χ4v) is 3.60. The third-order valence-corrected chi connectivity index (χ3v) is 4.70. The third-order valence-electron chi connectivity index (χ3n) is 3.96. The van der Waals surface area contributed by atoms with E-state index in [0.29, 0.717) is 11.3 Å². The molecule has 3 atom stereocenters. The molecular formula is C16H24N2O2S. The van der Waals surface area contributed by atoms with Gasteiger partial charge in [-0.3, -0.25) is 9.00 Å². The summed E-state index contributed by atoms with van der Waals surface area (Å²) in [5.41, 5.74) is 7.65. The minimum absolute atomic E-state index is 0.0134. The van der Waals surface area contributed by atoms with Crippen molar-refractivity contribution >= 4 is 16.7 Å². The Morgan fingerprint density at radius 1 is 1.48 bits per heavy atom. The van der Waals surface area contributed by atoms with Crippen LogP contribution >= 0.6 is 0 Å². The van der Waals surface area contributed by atoms with Crippen LogP contribution in [0.15, 0.2) is 24.3 Å². The molecule has 0 radical (unpaired) electrons. The molecule has 5 heteroatoms. The van der Waals surface area contributed by atoms with Gasteiger partial charge in [-0.05, 0) is 43.9 Å². The maximum Gasteiger partial charge on any atom is 0.254 e. The number of benzene rings is 1. The minimum atomic E-state index is -0.902. The molecule has 1 aliphatic heterocycles. The lowest BCUT2D eigenvalue weighted by Gasteiger charge is -2.38. The first-order chi connectivity index (χ1) is 9.99. The molecular weight excluding hydrogens is 284 g/mol. The van der Waals surface area contributed by atoms with E-state index in [1.165, 1.54) is 0 Å². The lowest BCUT2D eigenvalue weighted by molar-refractivity contribution is 0.0583. The van der Waals surface area contributed by atoms with Gasteiger partial charge in [-0.2, -0.15) is 0 Å². The van der Waals surface area contributed by atoms with Crippen LogP contribution in [0.25, 0.3) is 0 Å². The Morgan fingerprint density at radius 2 is 2.24 bits per heavy atom. The number of nitrogens with two attached hydrogens (primary N) is 1. The van der Waals surface area contributed by atoms with Crippen LogP contribution in [0.4, 0.5) is 0 Å². The molecule has 0 bridgehead atoms. The summed E-state index contributed by atoms with van der Waals surface area (Å²) in [6.07, 6.45) is 4.81. The van der Waals surface area contributed by atoms with Gasteiger partial charge < -0.3 is 10.6 Å². The molecule has 1 saturated heterocycles. The van der Waals surface area contributed by atoms with Crippen molar-refractivity contribution in [2.24, 2.45) is 5.73 Å². The second kappa shape index (κ2) is 7.18. The quantitative estimate of drug-likeness (QED) is 0.924. The van der Waals surface area contributed by atoms with Gasteiger partial charge in [0.2, 0.25) is 0 Å². The Morgan fingerprint density at radius 3 is 2.90 bits per heavy atom. The zero-order valence-electron chi connectivity index (χ0n) is 12.7. The SMILES string of the molecule is CC(N)C1CCCCN1C(=O)c1cccc(CS(C)=O)c1. The summed E-state index contributed by atoms with van der Waals surface area (Å²) in [5, 5.41) is 0. The van der Waals surface area contributed by atoms with E-state index in [9.17, 15) is 9.00 Å². The second-order valence-corrected chi connectivity index (χ2v) is 7.27. The molecule has 4 nitrogen and oxygen atoms in total. The van der Waals surface area contributed by atoms with Crippen LogP contribution in [0.3, 0.4) is 0 Å². The summed E-state index contributed by atoms with van der Waals surface area (Å²) in [4.78, 5) is 14.7. The number of nitrogens with zero attached hydrogens (tertiary/aromatic N) is 1. The first-order valence-corrected chi connectivity index (χ1v) is 9.17. The molecule has 2 rings (SSSR count). The molecule has 1 heterocycles. The fourth-order valence-electron chi connectivity index (χ4n) is 2.95. The average molecular weight is 308 g/mol. The van der Waals surface area contributed by atoms with Gasteiger partial charge in [-0.15, -0.1) is 0 Å². The van der Waals surface area contributed by atoms with Crippen molar-refractivity contribution in [1.29, 1.82) is 0 Å². The highest BCUT2D eigenvalue weighted by Gasteiger charge is 2.29. The molecule has 1 aromatic rings. The second-order valence-electron chi connectivity index (χ2n) is 5.84. The van der Waals surface area contributed by atoms with E-state index >= 15 is 0 Å². The average Bonchev–Trinajstić information content (AvgIpc) is 2.46. The summed E-state index contributed by atoms with van der Waals surface area (Å²) >= 11 is 0. The van der Waals surface area contributed by atoms with Gasteiger partial charge in [-0.25, -0.2) is 0 Å². The largest absolute Gasteiger partial charge is 0.334 e. The molecule has 116 valence electrons. The summed E-state index contributed by atoms with van der Waals surface area (Å²) in [5.74, 6) is 0.526. The first-order valence-electron chi connectivity index (χ1n) is 7.44. The van der Waals surface area contributed by atoms with Crippen LogP contribution in [0, 0.1) is 0 Å². The summed E-state index contributed by atoms with van der Waals surface area (Å²) in [6, 6.07) is 7.57. The van der Waals surface area contributed by atoms with E-state index in [1.807, 2.05) is 36.1 Å². The van der Waals surface area contributed by atoms with Gasteiger partial charge in [0.1, 0.15) is 0 Å². The minimum Gasteiger partial charge on any atom is -0.334 e. The predicted molar refractivity (Wildman–Crippen MR) is 86.5 cm³/mol. The van der Waals surface area contributed by atoms with E-state index < -0.39 is 10.8 Å². The normalized spacial score (nSPS) is 21.9. The van der Waals surface area contributed by atoms with Crippen molar-refractivity contribution in [2.75, 3.05) is 12.8 Å². The molecule has 1 aliphatic rings. The number of carbonyl (C=O) groups excluding carboxylic acids is 1. The summed E-state index contributed by atoms with van der Waals surface area (Å²) in [7, 11) is -0.902. The zero-order valence-corrected chi connectivity index (χ0v) is 13.6. The van der Waals surface area contributed by atoms with Crippen molar-refractivity contribution in [2.45, 2.75) is 44.0 Å². The van der Waals surface area contributed by atoms with Gasteiger partial charge in [0, 0.05) is 47.0 Å². The Bertz CT molecular complexity index is 531. The van der Waals surface area contributed by atoms with Gasteiger partial charge in [0.25, 0.3) is 5.91 Å². The van der Waals surface area contributed by atoms with Gasteiger partial charge in [0.05, 0.1) is 0 Å². The molecule has 0 saturated carbocycles. The van der Waals surface area contributed by atoms with Crippen LogP contribution < -0.4 is 5.73 Å². The smallest absolute Gasteiger partial charge is 0.254 e. The third kappa shape index (κ3) is 4.14. The number of likely N-dealkylation sites (tertiary alicyclic amines) is 1. The molecule has 3 unspecified atom stereocenters. The van der Waals surface area contributed by atoms with E-state index in [0.717, 1.165) is 31.4 Å². The zero-order chi connectivity index (χ0) is 15.4. The number of hydrogen-bond acceptors (Lipinski definition) is 3. The lowest BCUT2D eigenvalue weighted by atomic mass is 9.96. The Kier molecular flexibility index (Phi) is 5.53. The van der Waals surface area contributed by atoms with E-state index in [-0.39, 0.29) is 18.0 Å². The number of amides is 1. The van der Waals surface area contributed by atoms with E-state index in [2.05, 4.69) is 0 Å². The van der Waals surface area contributed by atoms with Crippen LogP contribution in [-0.4, -0.2) is 39.9 Å². The number of rotatable bonds is 4. The van der Waals surface area contributed by atoms with Crippen molar-refractivity contribution in [3.63, 3.8) is 0 Å². The Hall–Kier alpha value is -1.20. The summed E-state index contributed by atoms with van der Waals surface area (Å²) in [6.45, 7) is 2.74. The van der Waals surface area contributed by atoms with Crippen molar-refractivity contribution in [1.82, 2.24) is 4.90 Å². The Labute approximate surface area is 129 Å². The van der Waals surface area contributed by atoms with Crippen LogP contribution in [0.2, 0.25) is 0 Å². The monoisotopic (exact) mass is 308 g/mol. The maximum atomic E-state index is 12.7. The highest BCUT2D eigenvalue weighted by atomic mass is 32.2. The number of hydrogen-bond donors (Lipinski definition) is 1. The Balaban J connectivity index is 2.20. The topological polar surface area (TPSA) is 63.4 Å². The fraction of sp³-hybridized carbons (Fsp3) is 0.562. The number of carbonyl (C=O) groups is 1. The van der Waals surface area contributed by atoms with Crippen LogP contribution in [0.5, 0.6) is 0 Å². The summed E-state index contributed by atoms with van der Waals surface area (Å²) < 4.78 is 11.3. The molecule has 0 spiro atoms. The molecule has 0 aromatic heterocycles. The van der Waals surface area contributed by atoms with Gasteiger partial charge in [0.15, 0.2) is 0 Å². The molecule has 21 heavy (non-hydrogen) atoms.